The summed E-state index contributed by atoms with van der Waals surface area (Å²) in [7, 11) is 1.96. The Morgan fingerprint density at radius 2 is 2.19 bits per heavy atom. The predicted molar refractivity (Wildman–Crippen MR) is 62.7 cm³/mol. The van der Waals surface area contributed by atoms with E-state index in [1.807, 2.05) is 11.6 Å². The van der Waals surface area contributed by atoms with Gasteiger partial charge in [-0.05, 0) is 31.5 Å². The Hall–Kier alpha value is -1.42. The number of hydrogen-bond acceptors (Lipinski definition) is 2. The molecule has 0 aliphatic heterocycles. The topological polar surface area (TPSA) is 43.8 Å². The van der Waals surface area contributed by atoms with Gasteiger partial charge in [0.1, 0.15) is 11.6 Å². The molecule has 0 saturated carbocycles. The average Bonchev–Trinajstić information content (AvgIpc) is 2.56. The number of benzene rings is 1. The molecule has 16 heavy (non-hydrogen) atoms. The van der Waals surface area contributed by atoms with E-state index in [4.69, 9.17) is 5.73 Å². The first-order valence-corrected chi connectivity index (χ1v) is 5.53. The van der Waals surface area contributed by atoms with Gasteiger partial charge in [0.05, 0.1) is 11.0 Å². The molecular weight excluding hydrogens is 205 g/mol. The van der Waals surface area contributed by atoms with Crippen molar-refractivity contribution >= 4 is 11.0 Å². The molecule has 0 aliphatic carbocycles. The Morgan fingerprint density at radius 1 is 1.38 bits per heavy atom. The van der Waals surface area contributed by atoms with Crippen LogP contribution in [0.3, 0.4) is 0 Å². The zero-order valence-corrected chi connectivity index (χ0v) is 9.41. The van der Waals surface area contributed by atoms with E-state index in [9.17, 15) is 4.39 Å². The molecule has 0 spiro atoms. The van der Waals surface area contributed by atoms with Gasteiger partial charge in [-0.25, -0.2) is 9.37 Å². The van der Waals surface area contributed by atoms with Crippen molar-refractivity contribution in [3.63, 3.8) is 0 Å². The van der Waals surface area contributed by atoms with Crippen LogP contribution in [-0.2, 0) is 13.5 Å². The summed E-state index contributed by atoms with van der Waals surface area (Å²) < 4.78 is 15.0. The van der Waals surface area contributed by atoms with E-state index in [0.29, 0.717) is 6.54 Å². The number of halogens is 1. The van der Waals surface area contributed by atoms with Gasteiger partial charge in [-0.15, -0.1) is 0 Å². The van der Waals surface area contributed by atoms with Crippen LogP contribution < -0.4 is 5.73 Å². The van der Waals surface area contributed by atoms with Crippen LogP contribution in [0.1, 0.15) is 18.7 Å². The fourth-order valence-corrected chi connectivity index (χ4v) is 1.87. The molecule has 0 amide bonds. The first-order valence-electron chi connectivity index (χ1n) is 5.53. The highest BCUT2D eigenvalue weighted by molar-refractivity contribution is 5.75. The molecule has 1 aromatic heterocycles. The number of nitrogens with two attached hydrogens (primary N) is 1. The van der Waals surface area contributed by atoms with E-state index in [1.165, 1.54) is 12.1 Å². The molecule has 0 aliphatic rings. The van der Waals surface area contributed by atoms with Crippen LogP contribution >= 0.6 is 0 Å². The number of aromatic nitrogens is 2. The van der Waals surface area contributed by atoms with Crippen molar-refractivity contribution in [2.45, 2.75) is 19.3 Å². The number of unbranched alkanes of at least 4 members (excludes halogenated alkanes) is 1. The average molecular weight is 221 g/mol. The van der Waals surface area contributed by atoms with E-state index < -0.39 is 0 Å². The fraction of sp³-hybridized carbons (Fsp3) is 0.417. The molecule has 3 nitrogen and oxygen atoms in total. The minimum absolute atomic E-state index is 0.237. The Kier molecular flexibility index (Phi) is 3.19. The van der Waals surface area contributed by atoms with E-state index in [2.05, 4.69) is 4.98 Å². The summed E-state index contributed by atoms with van der Waals surface area (Å²) in [5.41, 5.74) is 7.15. The second-order valence-corrected chi connectivity index (χ2v) is 3.97. The maximum Gasteiger partial charge on any atom is 0.125 e. The molecule has 1 heterocycles. The molecule has 2 aromatic rings. The summed E-state index contributed by atoms with van der Waals surface area (Å²) in [5.74, 6) is 0.758. The van der Waals surface area contributed by atoms with Crippen LogP contribution in [0.25, 0.3) is 11.0 Å². The molecule has 1 aromatic carbocycles. The van der Waals surface area contributed by atoms with Gasteiger partial charge < -0.3 is 10.3 Å². The molecule has 2 rings (SSSR count). The number of hydrogen-bond donors (Lipinski definition) is 1. The number of fused-ring (bicyclic) bond motifs is 1. The van der Waals surface area contributed by atoms with E-state index in [-0.39, 0.29) is 5.82 Å². The standard InChI is InChI=1S/C12H16FN3/c1-16-11-6-5-9(13)8-10(11)15-12(16)4-2-3-7-14/h5-6,8H,2-4,7,14H2,1H3. The Labute approximate surface area is 94.1 Å². The third-order valence-corrected chi connectivity index (χ3v) is 2.79. The first kappa shape index (κ1) is 11.1. The molecule has 0 saturated heterocycles. The summed E-state index contributed by atoms with van der Waals surface area (Å²) in [4.78, 5) is 4.43. The lowest BCUT2D eigenvalue weighted by atomic mass is 10.2. The van der Waals surface area contributed by atoms with Gasteiger partial charge >= 0.3 is 0 Å². The van der Waals surface area contributed by atoms with Crippen LogP contribution in [0, 0.1) is 5.82 Å². The van der Waals surface area contributed by atoms with Gasteiger partial charge in [0, 0.05) is 19.5 Å². The highest BCUT2D eigenvalue weighted by Gasteiger charge is 2.07. The minimum atomic E-state index is -0.237. The second kappa shape index (κ2) is 4.61. The van der Waals surface area contributed by atoms with E-state index in [0.717, 1.165) is 36.1 Å². The highest BCUT2D eigenvalue weighted by atomic mass is 19.1. The quantitative estimate of drug-likeness (QED) is 0.802. The number of rotatable bonds is 4. The molecule has 4 heteroatoms. The fourth-order valence-electron chi connectivity index (χ4n) is 1.87. The van der Waals surface area contributed by atoms with Crippen molar-refractivity contribution in [2.24, 2.45) is 12.8 Å². The van der Waals surface area contributed by atoms with Crippen LogP contribution in [0.4, 0.5) is 4.39 Å². The van der Waals surface area contributed by atoms with Gasteiger partial charge in [-0.1, -0.05) is 0 Å². The third-order valence-electron chi connectivity index (χ3n) is 2.79. The molecule has 2 N–H and O–H groups in total. The third kappa shape index (κ3) is 2.07. The summed E-state index contributed by atoms with van der Waals surface area (Å²) in [6, 6.07) is 4.71. The molecule has 0 unspecified atom stereocenters. The van der Waals surface area contributed by atoms with Gasteiger partial charge in [0.25, 0.3) is 0 Å². The maximum atomic E-state index is 13.0. The molecular formula is C12H16FN3. The van der Waals surface area contributed by atoms with Crippen LogP contribution in [0.5, 0.6) is 0 Å². The number of nitrogens with zero attached hydrogens (tertiary/aromatic N) is 2. The van der Waals surface area contributed by atoms with Crippen LogP contribution in [-0.4, -0.2) is 16.1 Å². The summed E-state index contributed by atoms with van der Waals surface area (Å²) in [6.07, 6.45) is 2.91. The van der Waals surface area contributed by atoms with Crippen molar-refractivity contribution in [3.05, 3.63) is 29.8 Å². The van der Waals surface area contributed by atoms with Crippen molar-refractivity contribution in [1.82, 2.24) is 9.55 Å². The van der Waals surface area contributed by atoms with Gasteiger partial charge in [0.15, 0.2) is 0 Å². The largest absolute Gasteiger partial charge is 0.331 e. The molecule has 0 bridgehead atoms. The lowest BCUT2D eigenvalue weighted by Gasteiger charge is -2.01. The summed E-state index contributed by atoms with van der Waals surface area (Å²) in [6.45, 7) is 0.707. The lowest BCUT2D eigenvalue weighted by molar-refractivity contribution is 0.629. The number of aryl methyl sites for hydroxylation is 2. The predicted octanol–water partition coefficient (Wildman–Crippen LogP) is 1.99. The van der Waals surface area contributed by atoms with E-state index >= 15 is 0 Å². The second-order valence-electron chi connectivity index (χ2n) is 3.97. The van der Waals surface area contributed by atoms with Crippen molar-refractivity contribution in [1.29, 1.82) is 0 Å². The van der Waals surface area contributed by atoms with Crippen molar-refractivity contribution < 1.29 is 4.39 Å². The molecule has 0 atom stereocenters. The zero-order chi connectivity index (χ0) is 11.5. The van der Waals surface area contributed by atoms with Gasteiger partial charge in [-0.2, -0.15) is 0 Å². The Bertz CT molecular complexity index is 490. The zero-order valence-electron chi connectivity index (χ0n) is 9.41. The molecule has 0 radical (unpaired) electrons. The SMILES string of the molecule is Cn1c(CCCCN)nc2cc(F)ccc21. The van der Waals surface area contributed by atoms with Crippen molar-refractivity contribution in [2.75, 3.05) is 6.54 Å². The Morgan fingerprint density at radius 3 is 2.94 bits per heavy atom. The summed E-state index contributed by atoms with van der Waals surface area (Å²) >= 11 is 0. The van der Waals surface area contributed by atoms with Crippen LogP contribution in [0.2, 0.25) is 0 Å². The molecule has 86 valence electrons. The van der Waals surface area contributed by atoms with Gasteiger partial charge in [0.2, 0.25) is 0 Å². The first-order chi connectivity index (χ1) is 7.72. The Balaban J connectivity index is 2.29. The summed E-state index contributed by atoms with van der Waals surface area (Å²) in [5, 5.41) is 0. The van der Waals surface area contributed by atoms with Gasteiger partial charge in [-0.3, -0.25) is 0 Å². The monoisotopic (exact) mass is 221 g/mol. The maximum absolute atomic E-state index is 13.0. The highest BCUT2D eigenvalue weighted by Crippen LogP contribution is 2.17. The van der Waals surface area contributed by atoms with E-state index in [1.54, 1.807) is 6.07 Å². The lowest BCUT2D eigenvalue weighted by Crippen LogP contribution is -2.02. The minimum Gasteiger partial charge on any atom is -0.331 e. The smallest absolute Gasteiger partial charge is 0.125 e. The molecule has 0 fully saturated rings. The van der Waals surface area contributed by atoms with Crippen LogP contribution in [0.15, 0.2) is 18.2 Å². The number of imidazole rings is 1. The van der Waals surface area contributed by atoms with Crippen molar-refractivity contribution in [3.8, 4) is 0 Å². The normalized spacial score (nSPS) is 11.2.